The topological polar surface area (TPSA) is 96.5 Å². The third-order valence-corrected chi connectivity index (χ3v) is 6.78. The number of morpholine rings is 1. The van der Waals surface area contributed by atoms with E-state index in [1.807, 2.05) is 32.8 Å². The van der Waals surface area contributed by atoms with Crippen molar-refractivity contribution in [3.63, 3.8) is 0 Å². The van der Waals surface area contributed by atoms with Crippen LogP contribution in [0.15, 0.2) is 29.2 Å². The van der Waals surface area contributed by atoms with Crippen molar-refractivity contribution < 1.29 is 27.5 Å². The minimum atomic E-state index is -3.80. The number of esters is 1. The molecule has 1 aromatic rings. The Hall–Kier alpha value is -2.01. The molecule has 2 rings (SSSR count). The van der Waals surface area contributed by atoms with Gasteiger partial charge in [-0.05, 0) is 66.9 Å². The molecule has 1 fully saturated rings. The molecule has 1 aromatic carbocycles. The van der Waals surface area contributed by atoms with Crippen molar-refractivity contribution in [1.82, 2.24) is 14.1 Å². The SMILES string of the molecule is CC1CN(S(=O)(=O)c2cccc(C(=O)N(CCN(C)C)CC(=O)OC(C)(C)C)c2)CC(C)O1. The molecule has 0 radical (unpaired) electrons. The zero-order chi connectivity index (χ0) is 25.0. The zero-order valence-corrected chi connectivity index (χ0v) is 21.5. The normalized spacial score (nSPS) is 20.0. The standard InChI is InChI=1S/C23H37N3O6S/c1-17-14-26(15-18(2)31-17)33(29,30)20-10-8-9-19(13-20)22(28)25(12-11-24(6)7)16-21(27)32-23(3,4)5/h8-10,13,17-18H,11-12,14-16H2,1-7H3. The van der Waals surface area contributed by atoms with Crippen molar-refractivity contribution in [3.8, 4) is 0 Å². The van der Waals surface area contributed by atoms with E-state index in [1.54, 1.807) is 32.9 Å². The van der Waals surface area contributed by atoms with Gasteiger partial charge in [0.1, 0.15) is 12.1 Å². The molecule has 0 saturated carbocycles. The number of hydrogen-bond acceptors (Lipinski definition) is 7. The van der Waals surface area contributed by atoms with Crippen LogP contribution in [0.1, 0.15) is 45.0 Å². The van der Waals surface area contributed by atoms with Crippen molar-refractivity contribution >= 4 is 21.9 Å². The van der Waals surface area contributed by atoms with Crippen LogP contribution in [0.2, 0.25) is 0 Å². The first-order valence-corrected chi connectivity index (χ1v) is 12.5. The molecule has 0 aromatic heterocycles. The largest absolute Gasteiger partial charge is 0.459 e. The second-order valence-corrected chi connectivity index (χ2v) is 11.7. The molecule has 1 aliphatic heterocycles. The summed E-state index contributed by atoms with van der Waals surface area (Å²) in [6.45, 7) is 10.1. The lowest BCUT2D eigenvalue weighted by Crippen LogP contribution is -2.48. The molecule has 1 heterocycles. The summed E-state index contributed by atoms with van der Waals surface area (Å²) in [6.07, 6.45) is -0.438. The van der Waals surface area contributed by atoms with Crippen LogP contribution < -0.4 is 0 Å². The number of rotatable bonds is 8. The number of carbonyl (C=O) groups is 2. The molecule has 9 nitrogen and oxygen atoms in total. The maximum absolute atomic E-state index is 13.3. The van der Waals surface area contributed by atoms with Gasteiger partial charge in [0.25, 0.3) is 5.91 Å². The third kappa shape index (κ3) is 8.06. The van der Waals surface area contributed by atoms with Gasteiger partial charge in [-0.2, -0.15) is 4.31 Å². The van der Waals surface area contributed by atoms with E-state index in [1.165, 1.54) is 21.3 Å². The van der Waals surface area contributed by atoms with Crippen molar-refractivity contribution in [1.29, 1.82) is 0 Å². The van der Waals surface area contributed by atoms with Crippen LogP contribution in [-0.2, 0) is 24.3 Å². The van der Waals surface area contributed by atoms with Gasteiger partial charge in [-0.3, -0.25) is 9.59 Å². The van der Waals surface area contributed by atoms with E-state index in [0.29, 0.717) is 13.1 Å². The summed E-state index contributed by atoms with van der Waals surface area (Å²) in [4.78, 5) is 29.0. The van der Waals surface area contributed by atoms with E-state index in [4.69, 9.17) is 9.47 Å². The van der Waals surface area contributed by atoms with E-state index in [-0.39, 0.29) is 42.3 Å². The van der Waals surface area contributed by atoms with Crippen LogP contribution in [-0.4, -0.2) is 99.0 Å². The van der Waals surface area contributed by atoms with Crippen LogP contribution in [0.5, 0.6) is 0 Å². The Morgan fingerprint density at radius 2 is 1.73 bits per heavy atom. The number of hydrogen-bond donors (Lipinski definition) is 0. The summed E-state index contributed by atoms with van der Waals surface area (Å²) < 4.78 is 38.9. The smallest absolute Gasteiger partial charge is 0.326 e. The van der Waals surface area contributed by atoms with Crippen molar-refractivity contribution in [2.24, 2.45) is 0 Å². The second kappa shape index (κ2) is 10.9. The lowest BCUT2D eigenvalue weighted by molar-refractivity contribution is -0.155. The summed E-state index contributed by atoms with van der Waals surface area (Å²) in [5.74, 6) is -0.946. The fourth-order valence-corrected chi connectivity index (χ4v) is 5.19. The Bertz CT molecular complexity index is 932. The quantitative estimate of drug-likeness (QED) is 0.521. The molecule has 0 bridgehead atoms. The van der Waals surface area contributed by atoms with E-state index in [2.05, 4.69) is 0 Å². The highest BCUT2D eigenvalue weighted by molar-refractivity contribution is 7.89. The van der Waals surface area contributed by atoms with Gasteiger partial charge in [0.15, 0.2) is 0 Å². The van der Waals surface area contributed by atoms with Crippen LogP contribution in [0.3, 0.4) is 0 Å². The van der Waals surface area contributed by atoms with Crippen LogP contribution in [0.4, 0.5) is 0 Å². The van der Waals surface area contributed by atoms with Crippen molar-refractivity contribution in [3.05, 3.63) is 29.8 Å². The Balaban J connectivity index is 2.28. The Morgan fingerprint density at radius 3 is 2.27 bits per heavy atom. The summed E-state index contributed by atoms with van der Waals surface area (Å²) in [7, 11) is -0.0623. The summed E-state index contributed by atoms with van der Waals surface area (Å²) >= 11 is 0. The van der Waals surface area contributed by atoms with Gasteiger partial charge in [-0.15, -0.1) is 0 Å². The average Bonchev–Trinajstić information content (AvgIpc) is 2.68. The first-order chi connectivity index (χ1) is 15.2. The molecule has 2 unspecified atom stereocenters. The molecule has 0 N–H and O–H groups in total. The predicted molar refractivity (Wildman–Crippen MR) is 126 cm³/mol. The molecule has 33 heavy (non-hydrogen) atoms. The first kappa shape index (κ1) is 27.2. The van der Waals surface area contributed by atoms with Gasteiger partial charge in [0, 0.05) is 31.7 Å². The Morgan fingerprint density at radius 1 is 1.12 bits per heavy atom. The lowest BCUT2D eigenvalue weighted by atomic mass is 10.2. The van der Waals surface area contributed by atoms with Crippen LogP contribution >= 0.6 is 0 Å². The second-order valence-electron chi connectivity index (χ2n) is 9.72. The molecular weight excluding hydrogens is 446 g/mol. The molecule has 186 valence electrons. The molecular formula is C23H37N3O6S. The number of ether oxygens (including phenoxy) is 2. The minimum absolute atomic E-state index is 0.0412. The van der Waals surface area contributed by atoms with Gasteiger partial charge in [0.05, 0.1) is 17.1 Å². The van der Waals surface area contributed by atoms with Gasteiger partial charge in [-0.25, -0.2) is 8.42 Å². The maximum atomic E-state index is 13.3. The van der Waals surface area contributed by atoms with Gasteiger partial charge in [-0.1, -0.05) is 6.07 Å². The highest BCUT2D eigenvalue weighted by Gasteiger charge is 2.33. The molecule has 1 saturated heterocycles. The van der Waals surface area contributed by atoms with E-state index >= 15 is 0 Å². The number of amides is 1. The fraction of sp³-hybridized carbons (Fsp3) is 0.652. The third-order valence-electron chi connectivity index (χ3n) is 4.95. The number of nitrogens with zero attached hydrogens (tertiary/aromatic N) is 3. The molecule has 1 amide bonds. The molecule has 0 spiro atoms. The van der Waals surface area contributed by atoms with Crippen molar-refractivity contribution in [2.45, 2.75) is 57.3 Å². The monoisotopic (exact) mass is 483 g/mol. The average molecular weight is 484 g/mol. The van der Waals surface area contributed by atoms with E-state index in [9.17, 15) is 18.0 Å². The number of carbonyl (C=O) groups excluding carboxylic acids is 2. The van der Waals surface area contributed by atoms with Gasteiger partial charge < -0.3 is 19.3 Å². The van der Waals surface area contributed by atoms with Gasteiger partial charge >= 0.3 is 5.97 Å². The predicted octanol–water partition coefficient (Wildman–Crippen LogP) is 1.83. The Kier molecular flexibility index (Phi) is 9.03. The number of benzene rings is 1. The van der Waals surface area contributed by atoms with Gasteiger partial charge in [0.2, 0.25) is 10.0 Å². The lowest BCUT2D eigenvalue weighted by Gasteiger charge is -2.34. The summed E-state index contributed by atoms with van der Waals surface area (Å²) in [5.41, 5.74) is -0.471. The highest BCUT2D eigenvalue weighted by atomic mass is 32.2. The molecule has 2 atom stereocenters. The van der Waals surface area contributed by atoms with E-state index < -0.39 is 27.5 Å². The molecule has 0 aliphatic carbocycles. The minimum Gasteiger partial charge on any atom is -0.459 e. The summed E-state index contributed by atoms with van der Waals surface area (Å²) in [5, 5.41) is 0. The molecule has 1 aliphatic rings. The van der Waals surface area contributed by atoms with Crippen LogP contribution in [0, 0.1) is 0 Å². The fourth-order valence-electron chi connectivity index (χ4n) is 3.55. The molecule has 10 heteroatoms. The van der Waals surface area contributed by atoms with Crippen molar-refractivity contribution in [2.75, 3.05) is 46.8 Å². The summed E-state index contributed by atoms with van der Waals surface area (Å²) in [6, 6.07) is 5.96. The highest BCUT2D eigenvalue weighted by Crippen LogP contribution is 2.22. The number of likely N-dealkylation sites (N-methyl/N-ethyl adjacent to an activating group) is 1. The zero-order valence-electron chi connectivity index (χ0n) is 20.7. The number of sulfonamides is 1. The first-order valence-electron chi connectivity index (χ1n) is 11.1. The van der Waals surface area contributed by atoms with Crippen LogP contribution in [0.25, 0.3) is 0 Å². The maximum Gasteiger partial charge on any atom is 0.326 e. The Labute approximate surface area is 197 Å². The van der Waals surface area contributed by atoms with E-state index in [0.717, 1.165) is 0 Å².